The second-order valence-electron chi connectivity index (χ2n) is 6.36. The van der Waals surface area contributed by atoms with Crippen molar-refractivity contribution in [2.75, 3.05) is 0 Å². The molecule has 1 rings (SSSR count). The average molecular weight is 296 g/mol. The van der Waals surface area contributed by atoms with E-state index in [-0.39, 0.29) is 30.8 Å². The maximum absolute atomic E-state index is 11.8. The van der Waals surface area contributed by atoms with Crippen LogP contribution < -0.4 is 0 Å². The predicted octanol–water partition coefficient (Wildman–Crippen LogP) is 2.74. The van der Waals surface area contributed by atoms with Crippen molar-refractivity contribution in [2.45, 2.75) is 71.2 Å². The number of cyclic esters (lactones) is 1. The molecule has 0 aromatic heterocycles. The molecule has 1 aliphatic heterocycles. The van der Waals surface area contributed by atoms with Gasteiger partial charge in [-0.25, -0.2) is 0 Å². The standard InChI is InChI=1S/C17H28O4/c1-12-6-5-7-13(2)15(18)8-10-17(4,20)11-9-16(19)21-14(12)3/h7-8,10,12,14-15,18,20H,5-6,9,11H2,1-4H3. The van der Waals surface area contributed by atoms with Crippen LogP contribution in [0.1, 0.15) is 53.4 Å². The Morgan fingerprint density at radius 1 is 1.38 bits per heavy atom. The highest BCUT2D eigenvalue weighted by Gasteiger charge is 2.22. The molecule has 0 spiro atoms. The normalized spacial score (nSPS) is 36.6. The molecule has 4 heteroatoms. The minimum Gasteiger partial charge on any atom is -0.462 e. The zero-order chi connectivity index (χ0) is 16.0. The molecule has 0 saturated carbocycles. The predicted molar refractivity (Wildman–Crippen MR) is 82.7 cm³/mol. The topological polar surface area (TPSA) is 66.8 Å². The Hall–Kier alpha value is -1.13. The third-order valence-electron chi connectivity index (χ3n) is 4.15. The van der Waals surface area contributed by atoms with E-state index in [0.717, 1.165) is 18.4 Å². The van der Waals surface area contributed by atoms with Crippen molar-refractivity contribution in [3.63, 3.8) is 0 Å². The molecular weight excluding hydrogens is 268 g/mol. The summed E-state index contributed by atoms with van der Waals surface area (Å²) in [5, 5.41) is 20.2. The molecule has 2 N–H and O–H groups in total. The molecule has 1 aliphatic rings. The summed E-state index contributed by atoms with van der Waals surface area (Å²) in [4.78, 5) is 11.8. The van der Waals surface area contributed by atoms with Crippen LogP contribution >= 0.6 is 0 Å². The number of carbonyl (C=O) groups is 1. The van der Waals surface area contributed by atoms with Crippen LogP contribution in [0.2, 0.25) is 0 Å². The molecule has 1 heterocycles. The number of hydrogen-bond acceptors (Lipinski definition) is 4. The van der Waals surface area contributed by atoms with Crippen LogP contribution in [0.4, 0.5) is 0 Å². The first kappa shape index (κ1) is 17.9. The number of ether oxygens (including phenoxy) is 1. The molecule has 0 aliphatic carbocycles. The lowest BCUT2D eigenvalue weighted by molar-refractivity contribution is -0.151. The Labute approximate surface area is 127 Å². The lowest BCUT2D eigenvalue weighted by Crippen LogP contribution is -2.26. The van der Waals surface area contributed by atoms with Gasteiger partial charge in [0.15, 0.2) is 0 Å². The smallest absolute Gasteiger partial charge is 0.306 e. The highest BCUT2D eigenvalue weighted by Crippen LogP contribution is 2.20. The number of hydrogen-bond donors (Lipinski definition) is 2. The van der Waals surface area contributed by atoms with Gasteiger partial charge in [-0.1, -0.05) is 25.2 Å². The molecule has 0 radical (unpaired) electrons. The quantitative estimate of drug-likeness (QED) is 0.533. The lowest BCUT2D eigenvalue weighted by atomic mass is 9.96. The summed E-state index contributed by atoms with van der Waals surface area (Å²) in [6, 6.07) is 0. The van der Waals surface area contributed by atoms with Crippen LogP contribution in [0.15, 0.2) is 23.8 Å². The van der Waals surface area contributed by atoms with Gasteiger partial charge in [0, 0.05) is 6.42 Å². The Bertz CT molecular complexity index is 409. The highest BCUT2D eigenvalue weighted by molar-refractivity contribution is 5.69. The van der Waals surface area contributed by atoms with E-state index in [9.17, 15) is 15.0 Å². The molecule has 21 heavy (non-hydrogen) atoms. The van der Waals surface area contributed by atoms with Crippen LogP contribution in [0.3, 0.4) is 0 Å². The Morgan fingerprint density at radius 2 is 2.05 bits per heavy atom. The van der Waals surface area contributed by atoms with E-state index in [1.165, 1.54) is 0 Å². The van der Waals surface area contributed by atoms with Gasteiger partial charge in [0.1, 0.15) is 6.10 Å². The van der Waals surface area contributed by atoms with E-state index in [1.54, 1.807) is 19.1 Å². The summed E-state index contributed by atoms with van der Waals surface area (Å²) in [5.74, 6) is -0.0264. The third-order valence-corrected chi connectivity index (χ3v) is 4.15. The third kappa shape index (κ3) is 6.44. The highest BCUT2D eigenvalue weighted by atomic mass is 16.5. The van der Waals surface area contributed by atoms with Gasteiger partial charge in [-0.2, -0.15) is 0 Å². The zero-order valence-corrected chi connectivity index (χ0v) is 13.5. The molecule has 4 unspecified atom stereocenters. The number of rotatable bonds is 0. The van der Waals surface area contributed by atoms with E-state index in [2.05, 4.69) is 6.92 Å². The van der Waals surface area contributed by atoms with Crippen molar-refractivity contribution < 1.29 is 19.7 Å². The summed E-state index contributed by atoms with van der Waals surface area (Å²) < 4.78 is 5.40. The number of allylic oxidation sites excluding steroid dienone is 1. The number of aliphatic hydroxyl groups is 2. The van der Waals surface area contributed by atoms with Crippen molar-refractivity contribution >= 4 is 5.97 Å². The largest absolute Gasteiger partial charge is 0.462 e. The van der Waals surface area contributed by atoms with Gasteiger partial charge in [-0.3, -0.25) is 4.79 Å². The molecule has 0 aromatic carbocycles. The molecule has 0 amide bonds. The Morgan fingerprint density at radius 3 is 2.71 bits per heavy atom. The molecule has 0 bridgehead atoms. The minimum absolute atomic E-state index is 0.139. The SMILES string of the molecule is CC1=CCCC(C)C(C)OC(=O)CCC(C)(O)C=CC1O. The average Bonchev–Trinajstić information content (AvgIpc) is 2.41. The van der Waals surface area contributed by atoms with Crippen molar-refractivity contribution in [1.82, 2.24) is 0 Å². The molecule has 0 aromatic rings. The molecular formula is C17H28O4. The Balaban J connectivity index is 2.87. The van der Waals surface area contributed by atoms with Gasteiger partial charge < -0.3 is 14.9 Å². The fourth-order valence-corrected chi connectivity index (χ4v) is 2.20. The zero-order valence-electron chi connectivity index (χ0n) is 13.5. The van der Waals surface area contributed by atoms with E-state index in [1.807, 2.05) is 19.9 Å². The summed E-state index contributed by atoms with van der Waals surface area (Å²) in [6.07, 6.45) is 6.47. The Kier molecular flexibility index (Phi) is 6.62. The lowest BCUT2D eigenvalue weighted by Gasteiger charge is -2.23. The fourth-order valence-electron chi connectivity index (χ4n) is 2.20. The van der Waals surface area contributed by atoms with Crippen molar-refractivity contribution in [2.24, 2.45) is 5.92 Å². The summed E-state index contributed by atoms with van der Waals surface area (Å²) in [7, 11) is 0. The molecule has 4 nitrogen and oxygen atoms in total. The molecule has 0 saturated heterocycles. The first-order valence-electron chi connectivity index (χ1n) is 7.67. The van der Waals surface area contributed by atoms with E-state index in [0.29, 0.717) is 0 Å². The van der Waals surface area contributed by atoms with Gasteiger partial charge in [-0.15, -0.1) is 0 Å². The summed E-state index contributed by atoms with van der Waals surface area (Å²) in [6.45, 7) is 7.46. The van der Waals surface area contributed by atoms with Gasteiger partial charge in [0.05, 0.1) is 11.7 Å². The number of carbonyl (C=O) groups excluding carboxylic acids is 1. The number of esters is 1. The second kappa shape index (κ2) is 7.76. The van der Waals surface area contributed by atoms with Crippen LogP contribution in [-0.2, 0) is 9.53 Å². The summed E-state index contributed by atoms with van der Waals surface area (Å²) >= 11 is 0. The van der Waals surface area contributed by atoms with E-state index < -0.39 is 11.7 Å². The van der Waals surface area contributed by atoms with Gasteiger partial charge >= 0.3 is 5.97 Å². The van der Waals surface area contributed by atoms with Crippen molar-refractivity contribution in [3.8, 4) is 0 Å². The summed E-state index contributed by atoms with van der Waals surface area (Å²) in [5.41, 5.74) is -0.254. The van der Waals surface area contributed by atoms with E-state index in [4.69, 9.17) is 4.74 Å². The number of aliphatic hydroxyl groups excluding tert-OH is 1. The van der Waals surface area contributed by atoms with Gasteiger partial charge in [-0.05, 0) is 51.5 Å². The first-order valence-corrected chi connectivity index (χ1v) is 7.67. The van der Waals surface area contributed by atoms with Gasteiger partial charge in [0.2, 0.25) is 0 Å². The van der Waals surface area contributed by atoms with Crippen LogP contribution in [0.5, 0.6) is 0 Å². The molecule has 4 atom stereocenters. The first-order chi connectivity index (χ1) is 9.71. The van der Waals surface area contributed by atoms with Crippen molar-refractivity contribution in [1.29, 1.82) is 0 Å². The van der Waals surface area contributed by atoms with Crippen LogP contribution in [-0.4, -0.2) is 34.0 Å². The van der Waals surface area contributed by atoms with Crippen LogP contribution in [0.25, 0.3) is 0 Å². The second-order valence-corrected chi connectivity index (χ2v) is 6.36. The fraction of sp³-hybridized carbons (Fsp3) is 0.706. The van der Waals surface area contributed by atoms with Crippen LogP contribution in [0, 0.1) is 5.92 Å². The van der Waals surface area contributed by atoms with E-state index >= 15 is 0 Å². The maximum Gasteiger partial charge on any atom is 0.306 e. The van der Waals surface area contributed by atoms with Crippen molar-refractivity contribution in [3.05, 3.63) is 23.8 Å². The molecule has 120 valence electrons. The maximum atomic E-state index is 11.8. The monoisotopic (exact) mass is 296 g/mol. The molecule has 0 fully saturated rings. The minimum atomic E-state index is -1.13. The van der Waals surface area contributed by atoms with Gasteiger partial charge in [0.25, 0.3) is 0 Å².